The van der Waals surface area contributed by atoms with Gasteiger partial charge in [-0.15, -0.1) is 0 Å². The summed E-state index contributed by atoms with van der Waals surface area (Å²) in [7, 11) is 0. The number of esters is 4. The van der Waals surface area contributed by atoms with Gasteiger partial charge in [-0.05, 0) is 270 Å². The number of likely N-dealkylation sites (N-methyl/N-ethyl adjacent to an activating group) is 4. The summed E-state index contributed by atoms with van der Waals surface area (Å²) in [6.07, 6.45) is 42.3. The van der Waals surface area contributed by atoms with Crippen LogP contribution in [0.15, 0.2) is 154 Å². The van der Waals surface area contributed by atoms with E-state index in [0.29, 0.717) is 157 Å². The summed E-state index contributed by atoms with van der Waals surface area (Å²) < 4.78 is 22.8. The summed E-state index contributed by atoms with van der Waals surface area (Å²) in [4.78, 5) is 130. The molecule has 26 heteroatoms. The van der Waals surface area contributed by atoms with Gasteiger partial charge in [-0.2, -0.15) is 0 Å². The number of nitrogens with zero attached hydrogens (tertiary/aromatic N) is 8. The quantitative estimate of drug-likeness (QED) is 0.0344. The molecule has 4 aromatic carbocycles. The van der Waals surface area contributed by atoms with Gasteiger partial charge in [0, 0.05) is 114 Å². The van der Waals surface area contributed by atoms with Crippen molar-refractivity contribution < 1.29 is 76.7 Å². The Kier molecular flexibility index (Phi) is 50.0. The van der Waals surface area contributed by atoms with Gasteiger partial charge in [0.25, 0.3) is 23.6 Å². The molecule has 4 heterocycles. The fraction of sp³-hybridized carbons (Fsp3) is 0.500. The molecule has 0 saturated carbocycles. The molecule has 0 N–H and O–H groups in total. The van der Waals surface area contributed by atoms with Crippen molar-refractivity contribution in [2.75, 3.05) is 78.8 Å². The third-order valence-corrected chi connectivity index (χ3v) is 22.9. The maximum absolute atomic E-state index is 13.1. The lowest BCUT2D eigenvalue weighted by atomic mass is 9.94. The van der Waals surface area contributed by atoms with Gasteiger partial charge < -0.3 is 57.9 Å². The van der Waals surface area contributed by atoms with E-state index in [4.69, 9.17) is 61.5 Å². The number of oxime groups is 4. The first-order chi connectivity index (χ1) is 62.3. The molecular formula is C104H142Cl2N8O16. The van der Waals surface area contributed by atoms with Crippen LogP contribution in [0.25, 0.3) is 0 Å². The summed E-state index contributed by atoms with van der Waals surface area (Å²) in [6, 6.07) is 11.7. The fourth-order valence-corrected chi connectivity index (χ4v) is 15.4. The molecule has 0 aliphatic carbocycles. The Balaban J connectivity index is 0.000000307. The lowest BCUT2D eigenvalue weighted by Crippen LogP contribution is -2.33. The average Bonchev–Trinajstić information content (AvgIpc) is 0.797. The van der Waals surface area contributed by atoms with Gasteiger partial charge >= 0.3 is 23.9 Å². The molecule has 0 saturated heterocycles. The summed E-state index contributed by atoms with van der Waals surface area (Å²) in [6.45, 7) is 42.9. The minimum atomic E-state index is -0.400. The van der Waals surface area contributed by atoms with E-state index >= 15 is 0 Å². The second kappa shape index (κ2) is 59.3. The van der Waals surface area contributed by atoms with Gasteiger partial charge in [0.05, 0.1) is 45.1 Å². The van der Waals surface area contributed by atoms with Crippen molar-refractivity contribution in [3.05, 3.63) is 233 Å². The lowest BCUT2D eigenvalue weighted by molar-refractivity contribution is -0.136. The van der Waals surface area contributed by atoms with E-state index in [9.17, 15) is 38.4 Å². The van der Waals surface area contributed by atoms with Crippen molar-refractivity contribution in [3.8, 4) is 0 Å². The van der Waals surface area contributed by atoms with Crippen LogP contribution in [0.2, 0.25) is 10.0 Å². The Morgan fingerprint density at radius 2 is 0.538 bits per heavy atom. The summed E-state index contributed by atoms with van der Waals surface area (Å²) >= 11 is 13.3. The maximum atomic E-state index is 13.1. The van der Waals surface area contributed by atoms with Crippen LogP contribution in [0.5, 0.6) is 0 Å². The van der Waals surface area contributed by atoms with E-state index in [0.717, 1.165) is 107 Å². The van der Waals surface area contributed by atoms with Crippen LogP contribution in [-0.4, -0.2) is 193 Å². The van der Waals surface area contributed by atoms with Gasteiger partial charge in [0.1, 0.15) is 24.4 Å². The van der Waals surface area contributed by atoms with E-state index < -0.39 is 11.9 Å². The zero-order valence-corrected chi connectivity index (χ0v) is 82.2. The first-order valence-corrected chi connectivity index (χ1v) is 46.8. The SMILES string of the molecule is CCN(CC)C(=O)CO/N=C1/C=C/CC/C=C/C[C@@H](C)OC(=O)c2c(C)cc(C)c(Cl)c2C1.CCN(CC)C(=O)CO/N=C1/C=C/CC/C=C/C[C@@H](C)OC(=O)c2c(C)cc(C)cc2C1.CCN(CC)C(=O)CO/N=C1\C=C\CC/C=C/C[C@@H](C)OC(=O)c2c(C)cc(C)c(Cl)c2C1.CCN(CC)C(=O)CO/N=C1\C=C\CC/C=C/C[C@@H](C)OC(=O)c2c(C)cc(C)cc2C1. The van der Waals surface area contributed by atoms with E-state index in [1.165, 1.54) is 0 Å². The number of benzene rings is 4. The number of rotatable bonds is 20. The molecule has 4 amide bonds. The predicted molar refractivity (Wildman–Crippen MR) is 522 cm³/mol. The third-order valence-electron chi connectivity index (χ3n) is 21.8. The number of allylic oxidation sites excluding steroid dienone is 12. The minimum Gasteiger partial charge on any atom is -0.459 e. The smallest absolute Gasteiger partial charge is 0.339 e. The molecular weight excluding hydrogens is 1690 g/mol. The first kappa shape index (κ1) is 110. The number of halogens is 2. The lowest BCUT2D eigenvalue weighted by Gasteiger charge is -2.19. The molecule has 24 nitrogen and oxygen atoms in total. The predicted octanol–water partition coefficient (Wildman–Crippen LogP) is 21.0. The molecule has 0 radical (unpaired) electrons. The molecule has 0 spiro atoms. The monoisotopic (exact) mass is 1830 g/mol. The molecule has 130 heavy (non-hydrogen) atoms. The number of amides is 4. The Hall–Kier alpha value is -11.0. The average molecular weight is 1830 g/mol. The minimum absolute atomic E-state index is 0.0981. The van der Waals surface area contributed by atoms with E-state index in [2.05, 4.69) is 69.2 Å². The second-order valence-electron chi connectivity index (χ2n) is 32.6. The van der Waals surface area contributed by atoms with Crippen molar-refractivity contribution >= 4 is 93.6 Å². The van der Waals surface area contributed by atoms with Crippen LogP contribution < -0.4 is 0 Å². The molecule has 8 rings (SSSR count). The van der Waals surface area contributed by atoms with Crippen molar-refractivity contribution in [3.63, 3.8) is 0 Å². The molecule has 708 valence electrons. The number of hydrogen-bond donors (Lipinski definition) is 0. The van der Waals surface area contributed by atoms with Gasteiger partial charge in [-0.25, -0.2) is 19.2 Å². The van der Waals surface area contributed by atoms with Crippen LogP contribution in [0.3, 0.4) is 0 Å². The highest BCUT2D eigenvalue weighted by atomic mass is 35.5. The Labute approximate surface area is 783 Å². The maximum Gasteiger partial charge on any atom is 0.339 e. The molecule has 0 unspecified atom stereocenters. The summed E-state index contributed by atoms with van der Waals surface area (Å²) in [5, 5.41) is 18.0. The van der Waals surface area contributed by atoms with Crippen LogP contribution in [-0.2, 0) is 83.2 Å². The molecule has 4 aliphatic rings. The van der Waals surface area contributed by atoms with Crippen molar-refractivity contribution in [1.29, 1.82) is 0 Å². The Bertz CT molecular complexity index is 4520. The van der Waals surface area contributed by atoms with Crippen molar-refractivity contribution in [2.24, 2.45) is 20.6 Å². The highest BCUT2D eigenvalue weighted by Gasteiger charge is 2.28. The van der Waals surface area contributed by atoms with Crippen molar-refractivity contribution in [2.45, 2.75) is 266 Å². The highest BCUT2D eigenvalue weighted by molar-refractivity contribution is 6.33. The summed E-state index contributed by atoms with van der Waals surface area (Å²) in [5.74, 6) is -1.89. The topological polar surface area (TPSA) is 273 Å². The number of carbonyl (C=O) groups is 8. The number of ether oxygens (including phenoxy) is 4. The van der Waals surface area contributed by atoms with Crippen LogP contribution in [0, 0.1) is 55.4 Å². The molecule has 4 atom stereocenters. The molecule has 0 aromatic heterocycles. The molecule has 4 aromatic rings. The van der Waals surface area contributed by atoms with Crippen LogP contribution in [0.4, 0.5) is 0 Å². The van der Waals surface area contributed by atoms with E-state index in [1.807, 2.05) is 223 Å². The van der Waals surface area contributed by atoms with Gasteiger partial charge in [0.15, 0.2) is 26.4 Å². The first-order valence-electron chi connectivity index (χ1n) is 46.0. The zero-order valence-electron chi connectivity index (χ0n) is 80.7. The Morgan fingerprint density at radius 1 is 0.315 bits per heavy atom. The largest absolute Gasteiger partial charge is 0.459 e. The van der Waals surface area contributed by atoms with Crippen LogP contribution in [0.1, 0.15) is 268 Å². The standard InChI is InChI=1S/2C26H35ClN2O4.2C26H36N2O4/c2*1-6-29(7-2)23(30)17-32-28-21-14-12-10-8-9-11-13-20(5)33-26(31)24-18(3)15-19(4)25(27)22(24)16-21;2*1-6-28(7-2)24(29)18-31-27-23-14-12-10-8-9-11-13-21(5)32-26(30)25-20(4)15-19(3)16-22(25)17-23/h2*9,11-12,14-15,20H,6-8,10,13,16-17H2,1-5H3;2*9,11-12,14-16,21H,6-8,10,13,17-18H2,1-5H3/b11-9+,14-12+,28-21+;11-9+,14-12+,28-21-;11-9+,14-12+,27-23+;11-9+,14-12+,27-23-/t2*20-;2*21-/m1111/s1. The number of hydrogen-bond acceptors (Lipinski definition) is 20. The molecule has 0 bridgehead atoms. The normalized spacial score (nSPS) is 20.5. The number of carbonyl (C=O) groups excluding carboxylic acids is 8. The van der Waals surface area contributed by atoms with Gasteiger partial charge in [-0.1, -0.05) is 164 Å². The van der Waals surface area contributed by atoms with Crippen LogP contribution >= 0.6 is 23.2 Å². The van der Waals surface area contributed by atoms with Gasteiger partial charge in [0.2, 0.25) is 0 Å². The molecule has 4 aliphatic heterocycles. The van der Waals surface area contributed by atoms with Gasteiger partial charge in [-0.3, -0.25) is 19.2 Å². The number of aryl methyl sites for hydroxylation is 8. The van der Waals surface area contributed by atoms with E-state index in [1.54, 1.807) is 19.6 Å². The Morgan fingerprint density at radius 3 is 0.785 bits per heavy atom. The second-order valence-corrected chi connectivity index (χ2v) is 33.4. The highest BCUT2D eigenvalue weighted by Crippen LogP contribution is 2.33. The van der Waals surface area contributed by atoms with Crippen molar-refractivity contribution in [1.82, 2.24) is 19.6 Å². The fourth-order valence-electron chi connectivity index (χ4n) is 15.0. The number of fused-ring (bicyclic) bond motifs is 4. The zero-order chi connectivity index (χ0) is 95.8. The summed E-state index contributed by atoms with van der Waals surface area (Å²) in [5.41, 5.74) is 14.8. The molecule has 0 fully saturated rings. The third kappa shape index (κ3) is 37.5. The number of cyclic esters (lactones) is 4. The van der Waals surface area contributed by atoms with E-state index in [-0.39, 0.29) is 99.3 Å².